The molecule has 32 heavy (non-hydrogen) atoms. The number of H-pyrrole nitrogens is 1. The van der Waals surface area contributed by atoms with Gasteiger partial charge in [0.05, 0.1) is 31.0 Å². The molecule has 0 saturated carbocycles. The lowest BCUT2D eigenvalue weighted by Crippen LogP contribution is -2.47. The van der Waals surface area contributed by atoms with Crippen LogP contribution in [0.15, 0.2) is 30.5 Å². The number of rotatable bonds is 5. The maximum absolute atomic E-state index is 13.4. The van der Waals surface area contributed by atoms with E-state index < -0.39 is 0 Å². The van der Waals surface area contributed by atoms with Crippen LogP contribution in [0, 0.1) is 0 Å². The monoisotopic (exact) mass is 438 g/mol. The number of hydrogen-bond donors (Lipinski definition) is 1. The van der Waals surface area contributed by atoms with E-state index in [9.17, 15) is 9.59 Å². The molecular weight excluding hydrogens is 404 g/mol. The Hall–Kier alpha value is -2.83. The topological polar surface area (TPSA) is 78.5 Å². The predicted molar refractivity (Wildman–Crippen MR) is 123 cm³/mol. The summed E-state index contributed by atoms with van der Waals surface area (Å²) in [5, 5.41) is 7.33. The van der Waals surface area contributed by atoms with Gasteiger partial charge in [-0.25, -0.2) is 0 Å². The summed E-state index contributed by atoms with van der Waals surface area (Å²) in [6.07, 6.45) is 7.00. The number of carbonyl (C=O) groups excluding carboxylic acids is 2. The Morgan fingerprint density at radius 3 is 2.53 bits per heavy atom. The molecule has 1 N–H and O–H groups in total. The van der Waals surface area contributed by atoms with Gasteiger partial charge in [-0.15, -0.1) is 0 Å². The standard InChI is InChI=1S/C25H34N4O3/c1-17-6-4-7-18(2)29(17)25(31)22-16-26-27-24(22)20-10-12-28(13-11-20)23(30)15-19-8-5-9-21(14-19)32-3/h5,8-9,14,16-18,20H,4,6-7,10-13,15H2,1-3H3,(H,26,27)/t17-,18-/m0/s1. The van der Waals surface area contributed by atoms with Crippen molar-refractivity contribution in [1.82, 2.24) is 20.0 Å². The lowest BCUT2D eigenvalue weighted by Gasteiger charge is -2.39. The summed E-state index contributed by atoms with van der Waals surface area (Å²) in [7, 11) is 1.63. The van der Waals surface area contributed by atoms with E-state index in [1.165, 1.54) is 6.42 Å². The Kier molecular flexibility index (Phi) is 6.82. The molecule has 0 bridgehead atoms. The molecule has 172 valence electrons. The van der Waals surface area contributed by atoms with E-state index in [2.05, 4.69) is 24.0 Å². The van der Waals surface area contributed by atoms with Gasteiger partial charge in [-0.05, 0) is 63.6 Å². The minimum absolute atomic E-state index is 0.0879. The van der Waals surface area contributed by atoms with E-state index in [1.807, 2.05) is 34.1 Å². The van der Waals surface area contributed by atoms with E-state index in [4.69, 9.17) is 4.74 Å². The number of carbonyl (C=O) groups is 2. The molecule has 3 heterocycles. The summed E-state index contributed by atoms with van der Waals surface area (Å²) < 4.78 is 5.26. The molecule has 0 unspecified atom stereocenters. The molecular formula is C25H34N4O3. The molecule has 2 aliphatic heterocycles. The van der Waals surface area contributed by atoms with Gasteiger partial charge in [-0.2, -0.15) is 5.10 Å². The van der Waals surface area contributed by atoms with E-state index >= 15 is 0 Å². The minimum atomic E-state index is 0.0879. The molecule has 2 atom stereocenters. The summed E-state index contributed by atoms with van der Waals surface area (Å²) in [5.41, 5.74) is 2.59. The van der Waals surface area contributed by atoms with E-state index in [0.717, 1.165) is 42.7 Å². The van der Waals surface area contributed by atoms with Gasteiger partial charge in [0, 0.05) is 31.1 Å². The Morgan fingerprint density at radius 2 is 1.84 bits per heavy atom. The predicted octanol–water partition coefficient (Wildman–Crippen LogP) is 3.77. The van der Waals surface area contributed by atoms with Gasteiger partial charge >= 0.3 is 0 Å². The fourth-order valence-corrected chi connectivity index (χ4v) is 5.22. The second-order valence-electron chi connectivity index (χ2n) is 9.22. The molecule has 7 heteroatoms. The van der Waals surface area contributed by atoms with Crippen molar-refractivity contribution >= 4 is 11.8 Å². The lowest BCUT2D eigenvalue weighted by molar-refractivity contribution is -0.131. The first-order valence-corrected chi connectivity index (χ1v) is 11.7. The first kappa shape index (κ1) is 22.4. The third-order valence-corrected chi connectivity index (χ3v) is 7.07. The number of amides is 2. The van der Waals surface area contributed by atoms with Crippen LogP contribution in [0.25, 0.3) is 0 Å². The molecule has 0 radical (unpaired) electrons. The molecule has 4 rings (SSSR count). The van der Waals surface area contributed by atoms with Gasteiger partial charge in [0.15, 0.2) is 0 Å². The summed E-state index contributed by atoms with van der Waals surface area (Å²) in [6.45, 7) is 5.66. The van der Waals surface area contributed by atoms with Crippen LogP contribution < -0.4 is 4.74 Å². The number of ether oxygens (including phenoxy) is 1. The Bertz CT molecular complexity index is 938. The lowest BCUT2D eigenvalue weighted by atomic mass is 9.90. The number of likely N-dealkylation sites (tertiary alicyclic amines) is 2. The van der Waals surface area contributed by atoms with Gasteiger partial charge < -0.3 is 14.5 Å². The van der Waals surface area contributed by atoms with Crippen LogP contribution in [0.4, 0.5) is 0 Å². The number of nitrogens with zero attached hydrogens (tertiary/aromatic N) is 3. The van der Waals surface area contributed by atoms with Crippen molar-refractivity contribution in [2.45, 2.75) is 70.4 Å². The van der Waals surface area contributed by atoms with Crippen molar-refractivity contribution in [3.8, 4) is 5.75 Å². The van der Waals surface area contributed by atoms with Crippen LogP contribution >= 0.6 is 0 Å². The average molecular weight is 439 g/mol. The zero-order valence-corrected chi connectivity index (χ0v) is 19.3. The van der Waals surface area contributed by atoms with Crippen molar-refractivity contribution in [3.63, 3.8) is 0 Å². The molecule has 2 fully saturated rings. The molecule has 2 aliphatic rings. The quantitative estimate of drug-likeness (QED) is 0.771. The fraction of sp³-hybridized carbons (Fsp3) is 0.560. The average Bonchev–Trinajstić information content (AvgIpc) is 3.29. The largest absolute Gasteiger partial charge is 0.497 e. The SMILES string of the molecule is COc1cccc(CC(=O)N2CCC(c3[nH]ncc3C(=O)N3[C@@H](C)CCC[C@@H]3C)CC2)c1. The van der Waals surface area contributed by atoms with Gasteiger partial charge in [0.25, 0.3) is 5.91 Å². The summed E-state index contributed by atoms with van der Waals surface area (Å²) in [5.74, 6) is 1.20. The third-order valence-electron chi connectivity index (χ3n) is 7.07. The second-order valence-corrected chi connectivity index (χ2v) is 9.22. The van der Waals surface area contributed by atoms with Crippen LogP contribution in [0.1, 0.15) is 73.5 Å². The van der Waals surface area contributed by atoms with Crippen molar-refractivity contribution in [2.24, 2.45) is 0 Å². The van der Waals surface area contributed by atoms with Crippen LogP contribution in [0.3, 0.4) is 0 Å². The number of piperidine rings is 2. The van der Waals surface area contributed by atoms with Crippen molar-refractivity contribution in [2.75, 3.05) is 20.2 Å². The zero-order chi connectivity index (χ0) is 22.7. The van der Waals surface area contributed by atoms with E-state index in [1.54, 1.807) is 13.3 Å². The fourth-order valence-electron chi connectivity index (χ4n) is 5.22. The highest BCUT2D eigenvalue weighted by atomic mass is 16.5. The smallest absolute Gasteiger partial charge is 0.257 e. The van der Waals surface area contributed by atoms with Crippen molar-refractivity contribution in [1.29, 1.82) is 0 Å². The highest BCUT2D eigenvalue weighted by Crippen LogP contribution is 2.32. The molecule has 1 aromatic carbocycles. The van der Waals surface area contributed by atoms with Gasteiger partial charge in [0.1, 0.15) is 5.75 Å². The number of benzene rings is 1. The second kappa shape index (κ2) is 9.76. The van der Waals surface area contributed by atoms with Gasteiger partial charge in [0.2, 0.25) is 5.91 Å². The van der Waals surface area contributed by atoms with Crippen LogP contribution in [0.2, 0.25) is 0 Å². The zero-order valence-electron chi connectivity index (χ0n) is 19.3. The first-order valence-electron chi connectivity index (χ1n) is 11.7. The van der Waals surface area contributed by atoms with Crippen LogP contribution in [-0.2, 0) is 11.2 Å². The highest BCUT2D eigenvalue weighted by Gasteiger charge is 2.34. The molecule has 2 saturated heterocycles. The number of methoxy groups -OCH3 is 1. The normalized spacial score (nSPS) is 22.1. The molecule has 2 aromatic rings. The maximum atomic E-state index is 13.4. The molecule has 0 aliphatic carbocycles. The highest BCUT2D eigenvalue weighted by molar-refractivity contribution is 5.95. The first-order chi connectivity index (χ1) is 15.5. The summed E-state index contributed by atoms with van der Waals surface area (Å²) >= 11 is 0. The van der Waals surface area contributed by atoms with Crippen LogP contribution in [0.5, 0.6) is 5.75 Å². The molecule has 0 spiro atoms. The minimum Gasteiger partial charge on any atom is -0.497 e. The summed E-state index contributed by atoms with van der Waals surface area (Å²) in [4.78, 5) is 30.1. The third kappa shape index (κ3) is 4.66. The number of hydrogen-bond acceptors (Lipinski definition) is 4. The number of aromatic amines is 1. The Morgan fingerprint density at radius 1 is 1.12 bits per heavy atom. The number of aromatic nitrogens is 2. The Balaban J connectivity index is 1.38. The Labute approximate surface area is 190 Å². The van der Waals surface area contributed by atoms with Crippen LogP contribution in [-0.4, -0.2) is 64.1 Å². The summed E-state index contributed by atoms with van der Waals surface area (Å²) in [6, 6.07) is 8.17. The van der Waals surface area contributed by atoms with E-state index in [-0.39, 0.29) is 29.8 Å². The number of nitrogens with one attached hydrogen (secondary N) is 1. The van der Waals surface area contributed by atoms with Crippen molar-refractivity contribution < 1.29 is 14.3 Å². The molecule has 2 amide bonds. The van der Waals surface area contributed by atoms with Gasteiger partial charge in [-0.3, -0.25) is 14.7 Å². The maximum Gasteiger partial charge on any atom is 0.257 e. The van der Waals surface area contributed by atoms with Gasteiger partial charge in [-0.1, -0.05) is 12.1 Å². The molecule has 7 nitrogen and oxygen atoms in total. The molecule has 1 aromatic heterocycles. The van der Waals surface area contributed by atoms with Crippen molar-refractivity contribution in [3.05, 3.63) is 47.3 Å². The van der Waals surface area contributed by atoms with E-state index in [0.29, 0.717) is 25.1 Å².